The summed E-state index contributed by atoms with van der Waals surface area (Å²) >= 11 is 0. The lowest BCUT2D eigenvalue weighted by atomic mass is 10.1. The molecule has 142 valence electrons. The highest BCUT2D eigenvalue weighted by Crippen LogP contribution is 2.25. The van der Waals surface area contributed by atoms with Crippen LogP contribution in [0, 0.1) is 24.0 Å². The lowest BCUT2D eigenvalue weighted by Crippen LogP contribution is -2.48. The number of carbonyl (C=O) groups is 1. The number of aryl methyl sites for hydroxylation is 2. The number of nitro groups is 1. The molecule has 7 heteroatoms. The van der Waals surface area contributed by atoms with Crippen molar-refractivity contribution in [3.05, 3.63) is 63.7 Å². The fourth-order valence-electron chi connectivity index (χ4n) is 3.36. The third-order valence-corrected chi connectivity index (χ3v) is 4.82. The van der Waals surface area contributed by atoms with Crippen molar-refractivity contribution in [3.63, 3.8) is 0 Å². The number of hydrogen-bond donors (Lipinski definition) is 1. The fraction of sp³-hybridized carbons (Fsp3) is 0.350. The number of benzene rings is 2. The number of para-hydroxylation sites is 1. The van der Waals surface area contributed by atoms with Crippen LogP contribution in [0.3, 0.4) is 0 Å². The molecule has 1 saturated heterocycles. The van der Waals surface area contributed by atoms with Crippen LogP contribution in [0.2, 0.25) is 0 Å². The molecule has 7 nitrogen and oxygen atoms in total. The van der Waals surface area contributed by atoms with E-state index in [4.69, 9.17) is 0 Å². The van der Waals surface area contributed by atoms with Crippen LogP contribution < -0.4 is 10.2 Å². The summed E-state index contributed by atoms with van der Waals surface area (Å²) in [7, 11) is 0. The van der Waals surface area contributed by atoms with Crippen molar-refractivity contribution < 1.29 is 9.72 Å². The molecule has 1 fully saturated rings. The second-order valence-corrected chi connectivity index (χ2v) is 6.88. The van der Waals surface area contributed by atoms with Gasteiger partial charge in [-0.25, -0.2) is 0 Å². The van der Waals surface area contributed by atoms with E-state index in [2.05, 4.69) is 34.2 Å². The Morgan fingerprint density at radius 3 is 2.48 bits per heavy atom. The molecule has 0 aromatic heterocycles. The highest BCUT2D eigenvalue weighted by molar-refractivity contribution is 5.94. The van der Waals surface area contributed by atoms with Crippen LogP contribution in [0.25, 0.3) is 0 Å². The predicted octanol–water partition coefficient (Wildman–Crippen LogP) is 2.97. The average Bonchev–Trinajstić information content (AvgIpc) is 2.64. The lowest BCUT2D eigenvalue weighted by molar-refractivity contribution is -0.384. The number of amides is 1. The molecule has 3 rings (SSSR count). The molecule has 1 aliphatic heterocycles. The smallest absolute Gasteiger partial charge is 0.293 e. The Balaban J connectivity index is 1.56. The first-order valence-electron chi connectivity index (χ1n) is 9.02. The average molecular weight is 368 g/mol. The Kier molecular flexibility index (Phi) is 5.71. The second-order valence-electron chi connectivity index (χ2n) is 6.88. The van der Waals surface area contributed by atoms with Crippen molar-refractivity contribution in [3.8, 4) is 0 Å². The standard InChI is InChI=1S/C20H24N4O3/c1-15-7-8-17(19(13-15)24(26)27)21-20(25)14-22-9-11-23(12-10-22)18-6-4-3-5-16(18)2/h3-8,13H,9-12,14H2,1-2H3,(H,21,25). The molecule has 1 heterocycles. The van der Waals surface area contributed by atoms with E-state index in [0.717, 1.165) is 31.7 Å². The number of carbonyl (C=O) groups excluding carboxylic acids is 1. The van der Waals surface area contributed by atoms with E-state index in [-0.39, 0.29) is 23.8 Å². The van der Waals surface area contributed by atoms with Gasteiger partial charge in [-0.05, 0) is 37.1 Å². The molecule has 0 saturated carbocycles. The third-order valence-electron chi connectivity index (χ3n) is 4.82. The van der Waals surface area contributed by atoms with E-state index in [1.165, 1.54) is 17.3 Å². The summed E-state index contributed by atoms with van der Waals surface area (Å²) in [4.78, 5) is 27.5. The number of nitro benzene ring substituents is 1. The van der Waals surface area contributed by atoms with Crippen LogP contribution in [0.5, 0.6) is 0 Å². The molecule has 1 aliphatic rings. The molecule has 0 spiro atoms. The van der Waals surface area contributed by atoms with Crippen molar-refractivity contribution in [2.45, 2.75) is 13.8 Å². The first-order valence-corrected chi connectivity index (χ1v) is 9.02. The summed E-state index contributed by atoms with van der Waals surface area (Å²) in [5, 5.41) is 13.9. The quantitative estimate of drug-likeness (QED) is 0.648. The van der Waals surface area contributed by atoms with Crippen LogP contribution in [-0.2, 0) is 4.79 Å². The minimum atomic E-state index is -0.469. The molecule has 0 unspecified atom stereocenters. The van der Waals surface area contributed by atoms with E-state index >= 15 is 0 Å². The SMILES string of the molecule is Cc1ccc(NC(=O)CN2CCN(c3ccccc3C)CC2)c([N+](=O)[O-])c1. The second kappa shape index (κ2) is 8.18. The summed E-state index contributed by atoms with van der Waals surface area (Å²) in [5.74, 6) is -0.230. The summed E-state index contributed by atoms with van der Waals surface area (Å²) in [5.41, 5.74) is 3.43. The van der Waals surface area contributed by atoms with Crippen LogP contribution in [-0.4, -0.2) is 48.5 Å². The molecule has 1 N–H and O–H groups in total. The lowest BCUT2D eigenvalue weighted by Gasteiger charge is -2.36. The predicted molar refractivity (Wildman–Crippen MR) is 106 cm³/mol. The number of nitrogens with one attached hydrogen (secondary N) is 1. The maximum atomic E-state index is 12.4. The van der Waals surface area contributed by atoms with Crippen molar-refractivity contribution in [1.29, 1.82) is 0 Å². The van der Waals surface area contributed by atoms with E-state index in [1.54, 1.807) is 19.1 Å². The van der Waals surface area contributed by atoms with Crippen LogP contribution >= 0.6 is 0 Å². The summed E-state index contributed by atoms with van der Waals surface area (Å²) < 4.78 is 0. The molecular formula is C20H24N4O3. The maximum Gasteiger partial charge on any atom is 0.293 e. The molecule has 0 atom stereocenters. The van der Waals surface area contributed by atoms with Crippen LogP contribution in [0.1, 0.15) is 11.1 Å². The molecule has 0 bridgehead atoms. The van der Waals surface area contributed by atoms with Gasteiger partial charge in [-0.2, -0.15) is 0 Å². The Hall–Kier alpha value is -2.93. The minimum absolute atomic E-state index is 0.0762. The highest BCUT2D eigenvalue weighted by atomic mass is 16.6. The first kappa shape index (κ1) is 18.8. The zero-order chi connectivity index (χ0) is 19.4. The largest absolute Gasteiger partial charge is 0.369 e. The minimum Gasteiger partial charge on any atom is -0.369 e. The van der Waals surface area contributed by atoms with E-state index < -0.39 is 4.92 Å². The van der Waals surface area contributed by atoms with Crippen molar-refractivity contribution in [1.82, 2.24) is 4.90 Å². The molecule has 2 aromatic carbocycles. The van der Waals surface area contributed by atoms with Crippen molar-refractivity contribution in [2.75, 3.05) is 42.9 Å². The van der Waals surface area contributed by atoms with E-state index in [1.807, 2.05) is 12.1 Å². The normalized spacial score (nSPS) is 14.8. The number of nitrogens with zero attached hydrogens (tertiary/aromatic N) is 3. The summed E-state index contributed by atoms with van der Waals surface area (Å²) in [6.07, 6.45) is 0. The Morgan fingerprint density at radius 1 is 1.11 bits per heavy atom. The zero-order valence-corrected chi connectivity index (χ0v) is 15.6. The summed E-state index contributed by atoms with van der Waals surface area (Å²) in [6.45, 7) is 7.37. The van der Waals surface area contributed by atoms with Gasteiger partial charge in [-0.3, -0.25) is 19.8 Å². The Labute approximate surface area is 158 Å². The number of piperazine rings is 1. The molecule has 0 radical (unpaired) electrons. The van der Waals surface area contributed by atoms with Gasteiger partial charge in [0.15, 0.2) is 0 Å². The zero-order valence-electron chi connectivity index (χ0n) is 15.6. The third kappa shape index (κ3) is 4.62. The van der Waals surface area contributed by atoms with Crippen molar-refractivity contribution in [2.24, 2.45) is 0 Å². The van der Waals surface area contributed by atoms with Gasteiger partial charge in [0.25, 0.3) is 5.69 Å². The molecule has 1 amide bonds. The van der Waals surface area contributed by atoms with Gasteiger partial charge in [0.2, 0.25) is 5.91 Å². The molecular weight excluding hydrogens is 344 g/mol. The molecule has 27 heavy (non-hydrogen) atoms. The van der Waals surface area contributed by atoms with Crippen molar-refractivity contribution >= 4 is 23.0 Å². The van der Waals surface area contributed by atoms with Gasteiger partial charge in [0.1, 0.15) is 5.69 Å². The van der Waals surface area contributed by atoms with Gasteiger partial charge in [0, 0.05) is 37.9 Å². The van der Waals surface area contributed by atoms with E-state index in [0.29, 0.717) is 0 Å². The van der Waals surface area contributed by atoms with Gasteiger partial charge < -0.3 is 10.2 Å². The molecule has 0 aliphatic carbocycles. The van der Waals surface area contributed by atoms with Gasteiger partial charge >= 0.3 is 0 Å². The number of rotatable bonds is 5. The molecule has 2 aromatic rings. The monoisotopic (exact) mass is 368 g/mol. The van der Waals surface area contributed by atoms with Crippen LogP contribution in [0.15, 0.2) is 42.5 Å². The topological polar surface area (TPSA) is 78.7 Å². The Morgan fingerprint density at radius 2 is 1.81 bits per heavy atom. The van der Waals surface area contributed by atoms with E-state index in [9.17, 15) is 14.9 Å². The summed E-state index contributed by atoms with van der Waals surface area (Å²) in [6, 6.07) is 13.1. The maximum absolute atomic E-state index is 12.4. The van der Waals surface area contributed by atoms with Gasteiger partial charge in [-0.15, -0.1) is 0 Å². The van der Waals surface area contributed by atoms with Gasteiger partial charge in [-0.1, -0.05) is 24.3 Å². The Bertz CT molecular complexity index is 845. The van der Waals surface area contributed by atoms with Crippen LogP contribution in [0.4, 0.5) is 17.1 Å². The fourth-order valence-corrected chi connectivity index (χ4v) is 3.36. The first-order chi connectivity index (χ1) is 12.9. The number of anilines is 2. The highest BCUT2D eigenvalue weighted by Gasteiger charge is 2.21. The van der Waals surface area contributed by atoms with Gasteiger partial charge in [0.05, 0.1) is 11.5 Å². The number of hydrogen-bond acceptors (Lipinski definition) is 5.